The summed E-state index contributed by atoms with van der Waals surface area (Å²) in [6, 6.07) is 15.7. The van der Waals surface area contributed by atoms with Crippen molar-refractivity contribution >= 4 is 45.7 Å². The van der Waals surface area contributed by atoms with Crippen molar-refractivity contribution in [3.63, 3.8) is 0 Å². The van der Waals surface area contributed by atoms with E-state index in [0.717, 1.165) is 47.5 Å². The molecule has 2 atom stereocenters. The van der Waals surface area contributed by atoms with Gasteiger partial charge in [0.1, 0.15) is 23.4 Å². The van der Waals surface area contributed by atoms with E-state index in [9.17, 15) is 19.1 Å². The highest BCUT2D eigenvalue weighted by Crippen LogP contribution is 2.46. The van der Waals surface area contributed by atoms with Crippen LogP contribution in [0.15, 0.2) is 70.6 Å². The number of fused-ring (bicyclic) bond motifs is 1. The molecule has 9 nitrogen and oxygen atoms in total. The van der Waals surface area contributed by atoms with Gasteiger partial charge < -0.3 is 19.3 Å². The molecular weight excluding hydrogens is 654 g/mol. The van der Waals surface area contributed by atoms with Crippen molar-refractivity contribution in [2.24, 2.45) is 0 Å². The summed E-state index contributed by atoms with van der Waals surface area (Å²) in [6.07, 6.45) is 3.65. The SMILES string of the molecule is CCCCCOc1ccc(C2/C(=C(\O)c3ccc4c(c3)CC(C)O4)C(=O)C(=O)N2c2nnc(SCc3ccc(F)cc3)s2)cc1OCC. The Morgan fingerprint density at radius 1 is 1.04 bits per heavy atom. The third kappa shape index (κ3) is 7.05. The van der Waals surface area contributed by atoms with Gasteiger partial charge in [0.05, 0.1) is 24.8 Å². The molecule has 6 rings (SSSR count). The van der Waals surface area contributed by atoms with Crippen LogP contribution in [-0.4, -0.2) is 46.3 Å². The molecule has 48 heavy (non-hydrogen) atoms. The maximum absolute atomic E-state index is 13.8. The molecular formula is C36H36FN3O6S2. The minimum absolute atomic E-state index is 0.00445. The van der Waals surface area contributed by atoms with E-state index >= 15 is 0 Å². The van der Waals surface area contributed by atoms with Crippen LogP contribution in [0.25, 0.3) is 5.76 Å². The predicted molar refractivity (Wildman–Crippen MR) is 184 cm³/mol. The molecule has 1 fully saturated rings. The fraction of sp³-hybridized carbons (Fsp3) is 0.333. The average molecular weight is 690 g/mol. The summed E-state index contributed by atoms with van der Waals surface area (Å²) in [5.41, 5.74) is 2.68. The van der Waals surface area contributed by atoms with Gasteiger partial charge in [0, 0.05) is 17.7 Å². The van der Waals surface area contributed by atoms with Gasteiger partial charge in [-0.2, -0.15) is 0 Å². The Morgan fingerprint density at radius 2 is 1.85 bits per heavy atom. The summed E-state index contributed by atoms with van der Waals surface area (Å²) in [5.74, 6) is -0.0215. The number of aliphatic hydroxyl groups excluding tert-OH is 1. The Kier molecular flexibility index (Phi) is 10.3. The van der Waals surface area contributed by atoms with Gasteiger partial charge in [-0.1, -0.05) is 61.1 Å². The molecule has 1 amide bonds. The molecule has 2 aliphatic rings. The van der Waals surface area contributed by atoms with Gasteiger partial charge in [-0.05, 0) is 79.4 Å². The van der Waals surface area contributed by atoms with Crippen molar-refractivity contribution in [2.45, 2.75) is 68.7 Å². The van der Waals surface area contributed by atoms with Crippen LogP contribution in [-0.2, 0) is 21.8 Å². The molecule has 1 aromatic heterocycles. The van der Waals surface area contributed by atoms with Crippen LogP contribution in [0.3, 0.4) is 0 Å². The molecule has 0 radical (unpaired) electrons. The molecule has 250 valence electrons. The van der Waals surface area contributed by atoms with Crippen LogP contribution in [0.5, 0.6) is 17.2 Å². The highest BCUT2D eigenvalue weighted by atomic mass is 32.2. The second-order valence-electron chi connectivity index (χ2n) is 11.6. The lowest BCUT2D eigenvalue weighted by Gasteiger charge is -2.23. The van der Waals surface area contributed by atoms with E-state index in [4.69, 9.17) is 14.2 Å². The van der Waals surface area contributed by atoms with Crippen molar-refractivity contribution in [2.75, 3.05) is 18.1 Å². The first kappa shape index (κ1) is 33.5. The molecule has 0 spiro atoms. The molecule has 4 aromatic rings. The van der Waals surface area contributed by atoms with Crippen LogP contribution >= 0.6 is 23.1 Å². The normalized spacial score (nSPS) is 18.2. The van der Waals surface area contributed by atoms with E-state index in [1.165, 1.54) is 28.8 Å². The van der Waals surface area contributed by atoms with E-state index in [1.807, 2.05) is 13.8 Å². The standard InChI is InChI=1S/C36H36FN3O6S2/c1-4-6-7-16-45-28-15-10-23(19-29(28)44-5-2)31-30(32(41)24-11-14-27-25(18-24)17-21(3)46-27)33(42)34(43)40(31)35-38-39-36(48-35)47-20-22-8-12-26(37)13-9-22/h8-15,18-19,21,31,41H,4-7,16-17,20H2,1-3H3/b32-30+. The number of aromatic nitrogens is 2. The van der Waals surface area contributed by atoms with Gasteiger partial charge in [0.15, 0.2) is 15.8 Å². The number of nitrogens with zero attached hydrogens (tertiary/aromatic N) is 3. The number of hydrogen-bond acceptors (Lipinski definition) is 10. The second-order valence-corrected chi connectivity index (χ2v) is 13.8. The summed E-state index contributed by atoms with van der Waals surface area (Å²) < 4.78 is 31.8. The van der Waals surface area contributed by atoms with Crippen LogP contribution in [0.1, 0.15) is 68.3 Å². The van der Waals surface area contributed by atoms with Gasteiger partial charge in [0.25, 0.3) is 5.78 Å². The van der Waals surface area contributed by atoms with Crippen molar-refractivity contribution in [3.05, 3.63) is 94.3 Å². The number of rotatable bonds is 13. The summed E-state index contributed by atoms with van der Waals surface area (Å²) in [7, 11) is 0. The zero-order valence-corrected chi connectivity index (χ0v) is 28.5. The van der Waals surface area contributed by atoms with Gasteiger partial charge in [-0.3, -0.25) is 14.5 Å². The van der Waals surface area contributed by atoms with Gasteiger partial charge >= 0.3 is 5.91 Å². The molecule has 1 N–H and O–H groups in total. The van der Waals surface area contributed by atoms with Crippen molar-refractivity contribution in [1.29, 1.82) is 0 Å². The summed E-state index contributed by atoms with van der Waals surface area (Å²) in [4.78, 5) is 28.9. The van der Waals surface area contributed by atoms with Crippen LogP contribution in [0.2, 0.25) is 0 Å². The fourth-order valence-corrected chi connectivity index (χ4v) is 7.59. The Balaban J connectivity index is 1.39. The lowest BCUT2D eigenvalue weighted by Crippen LogP contribution is -2.29. The first-order chi connectivity index (χ1) is 23.3. The number of unbranched alkanes of at least 4 members (excludes halogenated alkanes) is 2. The number of ether oxygens (including phenoxy) is 3. The zero-order chi connectivity index (χ0) is 33.8. The maximum atomic E-state index is 13.8. The second kappa shape index (κ2) is 14.8. The number of thioether (sulfide) groups is 1. The number of carbonyl (C=O) groups excluding carboxylic acids is 2. The van der Waals surface area contributed by atoms with Gasteiger partial charge in [-0.25, -0.2) is 4.39 Å². The minimum atomic E-state index is -1.02. The van der Waals surface area contributed by atoms with E-state index in [2.05, 4.69) is 17.1 Å². The smallest absolute Gasteiger partial charge is 0.301 e. The number of amides is 1. The quantitative estimate of drug-likeness (QED) is 0.0374. The van der Waals surface area contributed by atoms with Crippen LogP contribution in [0, 0.1) is 5.82 Å². The molecule has 3 aromatic carbocycles. The van der Waals surface area contributed by atoms with E-state index in [-0.39, 0.29) is 28.4 Å². The van der Waals surface area contributed by atoms with E-state index in [1.54, 1.807) is 48.5 Å². The average Bonchev–Trinajstić information content (AvgIpc) is 3.77. The molecule has 2 unspecified atom stereocenters. The lowest BCUT2D eigenvalue weighted by atomic mass is 9.94. The zero-order valence-electron chi connectivity index (χ0n) is 26.9. The molecule has 0 saturated carbocycles. The number of halogens is 1. The maximum Gasteiger partial charge on any atom is 0.301 e. The molecule has 1 saturated heterocycles. The lowest BCUT2D eigenvalue weighted by molar-refractivity contribution is -0.132. The Labute approximate surface area is 286 Å². The Hall–Kier alpha value is -4.42. The number of Topliss-reactive ketones (excluding diaryl/α,β-unsaturated/α-hetero) is 1. The predicted octanol–water partition coefficient (Wildman–Crippen LogP) is 7.89. The summed E-state index contributed by atoms with van der Waals surface area (Å²) in [6.45, 7) is 6.85. The number of hydrogen-bond donors (Lipinski definition) is 1. The number of carbonyl (C=O) groups is 2. The van der Waals surface area contributed by atoms with E-state index < -0.39 is 17.7 Å². The third-order valence-corrected chi connectivity index (χ3v) is 10.2. The summed E-state index contributed by atoms with van der Waals surface area (Å²) >= 11 is 2.54. The van der Waals surface area contributed by atoms with Crippen molar-refractivity contribution < 1.29 is 33.3 Å². The molecule has 3 heterocycles. The molecule has 0 aliphatic carbocycles. The number of benzene rings is 3. The summed E-state index contributed by atoms with van der Waals surface area (Å²) in [5, 5.41) is 20.5. The minimum Gasteiger partial charge on any atom is -0.507 e. The highest BCUT2D eigenvalue weighted by Gasteiger charge is 2.48. The van der Waals surface area contributed by atoms with Crippen LogP contribution in [0.4, 0.5) is 9.52 Å². The van der Waals surface area contributed by atoms with E-state index in [0.29, 0.717) is 52.4 Å². The molecule has 12 heteroatoms. The highest BCUT2D eigenvalue weighted by molar-refractivity contribution is 8.00. The Morgan fingerprint density at radius 3 is 2.62 bits per heavy atom. The topological polar surface area (TPSA) is 111 Å². The van der Waals surface area contributed by atoms with Crippen molar-refractivity contribution in [3.8, 4) is 17.2 Å². The molecule has 0 bridgehead atoms. The number of aliphatic hydroxyl groups is 1. The van der Waals surface area contributed by atoms with Gasteiger partial charge in [0.2, 0.25) is 5.13 Å². The molecule has 2 aliphatic heterocycles. The van der Waals surface area contributed by atoms with Crippen LogP contribution < -0.4 is 19.1 Å². The fourth-order valence-electron chi connectivity index (χ4n) is 5.77. The number of ketones is 1. The van der Waals surface area contributed by atoms with Crippen molar-refractivity contribution in [1.82, 2.24) is 10.2 Å². The first-order valence-corrected chi connectivity index (χ1v) is 17.8. The largest absolute Gasteiger partial charge is 0.507 e. The Bertz CT molecular complexity index is 1840. The number of anilines is 1. The van der Waals surface area contributed by atoms with Gasteiger partial charge in [-0.15, -0.1) is 10.2 Å². The third-order valence-electron chi connectivity index (χ3n) is 8.08. The first-order valence-electron chi connectivity index (χ1n) is 16.0. The monoisotopic (exact) mass is 689 g/mol.